The molecule has 0 aliphatic carbocycles. The van der Waals surface area contributed by atoms with Gasteiger partial charge >= 0.3 is 0 Å². The number of carbonyl (C=O) groups is 1. The Kier molecular flexibility index (Phi) is 41.1. The van der Waals surface area contributed by atoms with E-state index >= 15 is 0 Å². The molecule has 3 atom stereocenters. The first kappa shape index (κ1) is 50.1. The second-order valence-corrected chi connectivity index (χ2v) is 16.0. The van der Waals surface area contributed by atoms with Gasteiger partial charge in [-0.15, -0.1) is 0 Å². The van der Waals surface area contributed by atoms with Gasteiger partial charge in [0.15, 0.2) is 0 Å². The maximum absolute atomic E-state index is 12.4. The van der Waals surface area contributed by atoms with Crippen LogP contribution in [0.15, 0.2) is 12.2 Å². The molecule has 1 amide bonds. The van der Waals surface area contributed by atoms with Gasteiger partial charge in [0, 0.05) is 0 Å². The lowest BCUT2D eigenvalue weighted by Gasteiger charge is -2.21. The number of hydrogen-bond donors (Lipinski definition) is 4. The average Bonchev–Trinajstić information content (AvgIpc) is 3.12. The third-order valence-corrected chi connectivity index (χ3v) is 10.8. The fourth-order valence-corrected chi connectivity index (χ4v) is 7.28. The van der Waals surface area contributed by atoms with E-state index < -0.39 is 18.2 Å². The van der Waals surface area contributed by atoms with E-state index in [-0.39, 0.29) is 18.9 Å². The van der Waals surface area contributed by atoms with Crippen molar-refractivity contribution in [2.45, 2.75) is 270 Å². The molecule has 0 spiro atoms. The molecule has 3 unspecified atom stereocenters. The molecule has 0 aliphatic rings. The zero-order valence-corrected chi connectivity index (χ0v) is 34.5. The number of amides is 1. The van der Waals surface area contributed by atoms with Gasteiger partial charge in [-0.3, -0.25) is 4.79 Å². The Morgan fingerprint density at radius 2 is 0.804 bits per heavy atom. The van der Waals surface area contributed by atoms with Crippen molar-refractivity contribution < 1.29 is 20.1 Å². The molecule has 0 aromatic carbocycles. The molecule has 5 nitrogen and oxygen atoms in total. The summed E-state index contributed by atoms with van der Waals surface area (Å²) in [5.41, 5.74) is 0. The van der Waals surface area contributed by atoms with Crippen molar-refractivity contribution in [3.8, 4) is 0 Å². The fourth-order valence-electron chi connectivity index (χ4n) is 7.28. The molecule has 0 saturated carbocycles. The molecule has 5 heteroatoms. The molecule has 0 saturated heterocycles. The van der Waals surface area contributed by atoms with Crippen molar-refractivity contribution in [2.75, 3.05) is 6.61 Å². The Morgan fingerprint density at radius 3 is 1.14 bits per heavy atom. The van der Waals surface area contributed by atoms with E-state index in [4.69, 9.17) is 0 Å². The van der Waals surface area contributed by atoms with Crippen LogP contribution in [-0.4, -0.2) is 46.1 Å². The first-order chi connectivity index (χ1) is 25.0. The van der Waals surface area contributed by atoms with Gasteiger partial charge in [0.05, 0.1) is 31.3 Å². The van der Waals surface area contributed by atoms with Crippen LogP contribution in [-0.2, 0) is 4.79 Å². The molecule has 304 valence electrons. The van der Waals surface area contributed by atoms with E-state index in [1.165, 1.54) is 199 Å². The van der Waals surface area contributed by atoms with Crippen LogP contribution in [0.4, 0.5) is 0 Å². The van der Waals surface area contributed by atoms with E-state index in [9.17, 15) is 20.1 Å². The predicted molar refractivity (Wildman–Crippen MR) is 222 cm³/mol. The number of aliphatic hydroxyl groups excluding tert-OH is 3. The number of unbranched alkanes of at least 4 members (excludes halogenated alkanes) is 33. The first-order valence-corrected chi connectivity index (χ1v) is 23.0. The molecule has 0 aromatic heterocycles. The van der Waals surface area contributed by atoms with E-state index in [0.717, 1.165) is 25.7 Å². The summed E-state index contributed by atoms with van der Waals surface area (Å²) >= 11 is 0. The highest BCUT2D eigenvalue weighted by atomic mass is 16.3. The highest BCUT2D eigenvalue weighted by Gasteiger charge is 2.20. The lowest BCUT2D eigenvalue weighted by atomic mass is 10.0. The Balaban J connectivity index is 3.62. The molecule has 0 aliphatic heterocycles. The Morgan fingerprint density at radius 1 is 0.490 bits per heavy atom. The summed E-state index contributed by atoms with van der Waals surface area (Å²) in [6.07, 6.45) is 49.3. The first-order valence-electron chi connectivity index (χ1n) is 23.0. The Hall–Kier alpha value is -0.910. The molecule has 0 fully saturated rings. The van der Waals surface area contributed by atoms with Crippen molar-refractivity contribution in [1.29, 1.82) is 0 Å². The van der Waals surface area contributed by atoms with Crippen molar-refractivity contribution >= 4 is 5.91 Å². The van der Waals surface area contributed by atoms with Crippen LogP contribution in [0.5, 0.6) is 0 Å². The van der Waals surface area contributed by atoms with Gasteiger partial charge in [-0.25, -0.2) is 0 Å². The smallest absolute Gasteiger partial charge is 0.222 e. The molecular weight excluding hydrogens is 631 g/mol. The van der Waals surface area contributed by atoms with Crippen molar-refractivity contribution in [2.24, 2.45) is 0 Å². The number of rotatable bonds is 42. The third-order valence-electron chi connectivity index (χ3n) is 10.8. The zero-order valence-electron chi connectivity index (χ0n) is 34.5. The quantitative estimate of drug-likeness (QED) is 0.0373. The lowest BCUT2D eigenvalue weighted by Crippen LogP contribution is -2.45. The van der Waals surface area contributed by atoms with E-state index in [1.54, 1.807) is 6.08 Å². The third kappa shape index (κ3) is 38.6. The van der Waals surface area contributed by atoms with Crippen LogP contribution in [0.2, 0.25) is 0 Å². The maximum Gasteiger partial charge on any atom is 0.222 e. The summed E-state index contributed by atoms with van der Waals surface area (Å²) in [4.78, 5) is 12.4. The van der Waals surface area contributed by atoms with E-state index in [1.807, 2.05) is 6.08 Å². The van der Waals surface area contributed by atoms with Gasteiger partial charge in [0.25, 0.3) is 0 Å². The van der Waals surface area contributed by atoms with Crippen LogP contribution >= 0.6 is 0 Å². The molecule has 0 rings (SSSR count). The summed E-state index contributed by atoms with van der Waals surface area (Å²) in [5, 5.41) is 33.3. The molecule has 0 bridgehead atoms. The minimum Gasteiger partial charge on any atom is -0.394 e. The number of allylic oxidation sites excluding steroid dienone is 1. The largest absolute Gasteiger partial charge is 0.394 e. The highest BCUT2D eigenvalue weighted by molar-refractivity contribution is 5.76. The van der Waals surface area contributed by atoms with Crippen LogP contribution < -0.4 is 5.32 Å². The van der Waals surface area contributed by atoms with Crippen LogP contribution in [0.1, 0.15) is 251 Å². The zero-order chi connectivity index (χ0) is 37.3. The summed E-state index contributed by atoms with van der Waals surface area (Å²) in [6.45, 7) is 4.23. The van der Waals surface area contributed by atoms with Crippen LogP contribution in [0.25, 0.3) is 0 Å². The van der Waals surface area contributed by atoms with E-state index in [0.29, 0.717) is 6.42 Å². The maximum atomic E-state index is 12.4. The van der Waals surface area contributed by atoms with E-state index in [2.05, 4.69) is 19.2 Å². The summed E-state index contributed by atoms with van der Waals surface area (Å²) in [6, 6.07) is -0.739. The topological polar surface area (TPSA) is 89.8 Å². The lowest BCUT2D eigenvalue weighted by molar-refractivity contribution is -0.124. The van der Waals surface area contributed by atoms with Gasteiger partial charge in [-0.05, 0) is 19.3 Å². The standard InChI is InChI=1S/C46H91NO4/c1-3-5-7-9-11-13-15-17-19-21-23-25-27-29-31-33-35-37-39-43(49)41-46(51)47-44(42-48)45(50)40-38-36-34-32-30-28-26-24-22-20-18-16-14-12-10-8-6-4-2/h38,40,43-45,48-50H,3-37,39,41-42H2,1-2H3,(H,47,51)/b40-38+. The molecule has 51 heavy (non-hydrogen) atoms. The minimum atomic E-state index is -0.924. The SMILES string of the molecule is CCCCCCCCCCCCCCCCCC/C=C/C(O)C(CO)NC(=O)CC(O)CCCCCCCCCCCCCCCCCCCC. The normalized spacial score (nSPS) is 13.6. The average molecular weight is 722 g/mol. The van der Waals surface area contributed by atoms with Gasteiger partial charge in [-0.1, -0.05) is 238 Å². The highest BCUT2D eigenvalue weighted by Crippen LogP contribution is 2.17. The summed E-state index contributed by atoms with van der Waals surface area (Å²) in [7, 11) is 0. The number of carbonyl (C=O) groups excluding carboxylic acids is 1. The predicted octanol–water partition coefficient (Wildman–Crippen LogP) is 13.2. The van der Waals surface area contributed by atoms with Gasteiger partial charge < -0.3 is 20.6 Å². The van der Waals surface area contributed by atoms with Gasteiger partial charge in [0.2, 0.25) is 5.91 Å². The Bertz CT molecular complexity index is 713. The van der Waals surface area contributed by atoms with Gasteiger partial charge in [-0.2, -0.15) is 0 Å². The number of hydrogen-bond acceptors (Lipinski definition) is 4. The van der Waals surface area contributed by atoms with Crippen molar-refractivity contribution in [3.63, 3.8) is 0 Å². The van der Waals surface area contributed by atoms with Crippen molar-refractivity contribution in [1.82, 2.24) is 5.32 Å². The molecule has 0 aromatic rings. The number of nitrogens with one attached hydrogen (secondary N) is 1. The van der Waals surface area contributed by atoms with Crippen LogP contribution in [0, 0.1) is 0 Å². The minimum absolute atomic E-state index is 0.0189. The van der Waals surface area contributed by atoms with Gasteiger partial charge in [0.1, 0.15) is 0 Å². The molecule has 0 radical (unpaired) electrons. The van der Waals surface area contributed by atoms with Crippen molar-refractivity contribution in [3.05, 3.63) is 12.2 Å². The van der Waals surface area contributed by atoms with Crippen LogP contribution in [0.3, 0.4) is 0 Å². The second-order valence-electron chi connectivity index (χ2n) is 16.0. The monoisotopic (exact) mass is 722 g/mol. The summed E-state index contributed by atoms with van der Waals surface area (Å²) in [5.74, 6) is -0.311. The molecular formula is C46H91NO4. The fraction of sp³-hybridized carbons (Fsp3) is 0.935. The molecule has 0 heterocycles. The second kappa shape index (κ2) is 41.8. The molecule has 4 N–H and O–H groups in total. The Labute approximate surface area is 319 Å². The summed E-state index contributed by atoms with van der Waals surface area (Å²) < 4.78 is 0. The number of aliphatic hydroxyl groups is 3.